The normalized spacial score (nSPS) is 15.3. The number of carbonyl (C=O) groups is 1. The number of ether oxygens (including phenoxy) is 1. The number of esters is 1. The summed E-state index contributed by atoms with van der Waals surface area (Å²) in [5, 5.41) is 12.6. The minimum absolute atomic E-state index is 0.229. The van der Waals surface area contributed by atoms with Crippen molar-refractivity contribution in [1.82, 2.24) is 5.32 Å². The van der Waals surface area contributed by atoms with Crippen molar-refractivity contribution in [1.29, 1.82) is 0 Å². The molecule has 0 amide bonds. The smallest absolute Gasteiger partial charge is 0.338 e. The highest BCUT2D eigenvalue weighted by molar-refractivity contribution is 5.78. The van der Waals surface area contributed by atoms with Crippen LogP contribution >= 0.6 is 0 Å². The molecule has 0 aliphatic heterocycles. The second kappa shape index (κ2) is 5.98. The van der Waals surface area contributed by atoms with Gasteiger partial charge in [0.15, 0.2) is 5.60 Å². The molecule has 0 radical (unpaired) electrons. The summed E-state index contributed by atoms with van der Waals surface area (Å²) in [6.07, 6.45) is 1.03. The van der Waals surface area contributed by atoms with Gasteiger partial charge in [-0.25, -0.2) is 4.79 Å². The summed E-state index contributed by atoms with van der Waals surface area (Å²) < 4.78 is 4.46. The lowest BCUT2D eigenvalue weighted by molar-refractivity contribution is -0.159. The molecule has 0 bridgehead atoms. The quantitative estimate of drug-likeness (QED) is 0.489. The van der Waals surface area contributed by atoms with E-state index in [2.05, 4.69) is 23.9 Å². The lowest BCUT2D eigenvalue weighted by atomic mass is 10.1. The van der Waals surface area contributed by atoms with E-state index in [1.807, 2.05) is 0 Å². The zero-order valence-electron chi connectivity index (χ0n) is 9.46. The Balaban J connectivity index is 3.71. The van der Waals surface area contributed by atoms with Crippen LogP contribution in [0.2, 0.25) is 0 Å². The van der Waals surface area contributed by atoms with Crippen molar-refractivity contribution >= 4 is 5.97 Å². The minimum atomic E-state index is -1.42. The topological polar surface area (TPSA) is 58.6 Å². The molecule has 1 unspecified atom stereocenters. The maximum absolute atomic E-state index is 11.0. The Morgan fingerprint density at radius 2 is 2.14 bits per heavy atom. The van der Waals surface area contributed by atoms with E-state index >= 15 is 0 Å². The third-order valence-corrected chi connectivity index (χ3v) is 1.99. The minimum Gasteiger partial charge on any atom is -0.467 e. The summed E-state index contributed by atoms with van der Waals surface area (Å²) in [6.45, 7) is 6.72. The number of aliphatic hydroxyl groups is 1. The summed E-state index contributed by atoms with van der Waals surface area (Å²) in [5.74, 6) is 0.0140. The standard InChI is InChI=1S/C10H21NO3/c1-8(2)5-6-11-7-10(3,13)9(12)14-4/h8,11,13H,5-7H2,1-4H3. The Morgan fingerprint density at radius 1 is 1.57 bits per heavy atom. The Morgan fingerprint density at radius 3 is 2.57 bits per heavy atom. The molecule has 84 valence electrons. The molecule has 0 spiro atoms. The van der Waals surface area contributed by atoms with E-state index in [0.717, 1.165) is 13.0 Å². The summed E-state index contributed by atoms with van der Waals surface area (Å²) in [5.41, 5.74) is -1.42. The largest absolute Gasteiger partial charge is 0.467 e. The number of rotatable bonds is 6. The summed E-state index contributed by atoms with van der Waals surface area (Å²) in [7, 11) is 1.27. The first-order valence-electron chi connectivity index (χ1n) is 4.91. The van der Waals surface area contributed by atoms with Gasteiger partial charge in [-0.3, -0.25) is 0 Å². The predicted octanol–water partition coefficient (Wildman–Crippen LogP) is 0.546. The molecule has 0 aliphatic rings. The van der Waals surface area contributed by atoms with Crippen LogP contribution in [0.3, 0.4) is 0 Å². The van der Waals surface area contributed by atoms with Gasteiger partial charge in [0.25, 0.3) is 0 Å². The van der Waals surface area contributed by atoms with E-state index in [4.69, 9.17) is 0 Å². The van der Waals surface area contributed by atoms with Crippen LogP contribution in [0, 0.1) is 5.92 Å². The summed E-state index contributed by atoms with van der Waals surface area (Å²) in [6, 6.07) is 0. The summed E-state index contributed by atoms with van der Waals surface area (Å²) in [4.78, 5) is 11.0. The van der Waals surface area contributed by atoms with Gasteiger partial charge in [0.1, 0.15) is 0 Å². The van der Waals surface area contributed by atoms with Crippen LogP contribution in [-0.2, 0) is 9.53 Å². The summed E-state index contributed by atoms with van der Waals surface area (Å²) >= 11 is 0. The van der Waals surface area contributed by atoms with Gasteiger partial charge >= 0.3 is 5.97 Å². The fourth-order valence-corrected chi connectivity index (χ4v) is 1.01. The Kier molecular flexibility index (Phi) is 5.72. The zero-order valence-corrected chi connectivity index (χ0v) is 9.46. The highest BCUT2D eigenvalue weighted by Crippen LogP contribution is 2.04. The molecule has 14 heavy (non-hydrogen) atoms. The van der Waals surface area contributed by atoms with E-state index in [9.17, 15) is 9.90 Å². The maximum Gasteiger partial charge on any atom is 0.338 e. The first kappa shape index (κ1) is 13.4. The van der Waals surface area contributed by atoms with Gasteiger partial charge in [0.05, 0.1) is 7.11 Å². The second-order valence-electron chi connectivity index (χ2n) is 4.12. The van der Waals surface area contributed by atoms with E-state index in [1.165, 1.54) is 14.0 Å². The number of hydrogen-bond acceptors (Lipinski definition) is 4. The molecule has 0 rings (SSSR count). The third kappa shape index (κ3) is 5.19. The third-order valence-electron chi connectivity index (χ3n) is 1.99. The van der Waals surface area contributed by atoms with E-state index in [1.54, 1.807) is 0 Å². The van der Waals surface area contributed by atoms with Gasteiger partial charge in [-0.15, -0.1) is 0 Å². The first-order chi connectivity index (χ1) is 6.40. The average Bonchev–Trinajstić information content (AvgIpc) is 2.10. The van der Waals surface area contributed by atoms with Gasteiger partial charge in [0, 0.05) is 6.54 Å². The van der Waals surface area contributed by atoms with Crippen LogP contribution in [-0.4, -0.2) is 36.9 Å². The fourth-order valence-electron chi connectivity index (χ4n) is 1.01. The molecule has 4 nitrogen and oxygen atoms in total. The second-order valence-corrected chi connectivity index (χ2v) is 4.12. The first-order valence-corrected chi connectivity index (χ1v) is 4.91. The van der Waals surface area contributed by atoms with Crippen LogP contribution in [0.1, 0.15) is 27.2 Å². The van der Waals surface area contributed by atoms with Crippen molar-refractivity contribution in [3.05, 3.63) is 0 Å². The lowest BCUT2D eigenvalue weighted by Crippen LogP contribution is -2.45. The molecule has 2 N–H and O–H groups in total. The Hall–Kier alpha value is -0.610. The van der Waals surface area contributed by atoms with Crippen molar-refractivity contribution in [3.8, 4) is 0 Å². The molecule has 0 saturated carbocycles. The molecule has 0 aliphatic carbocycles. The predicted molar refractivity (Wildman–Crippen MR) is 55.0 cm³/mol. The van der Waals surface area contributed by atoms with Crippen LogP contribution in [0.5, 0.6) is 0 Å². The van der Waals surface area contributed by atoms with Gasteiger partial charge in [-0.1, -0.05) is 13.8 Å². The highest BCUT2D eigenvalue weighted by Gasteiger charge is 2.30. The molecule has 0 aromatic rings. The zero-order chi connectivity index (χ0) is 11.2. The van der Waals surface area contributed by atoms with Crippen LogP contribution < -0.4 is 5.32 Å². The van der Waals surface area contributed by atoms with E-state index in [0.29, 0.717) is 5.92 Å². The fraction of sp³-hybridized carbons (Fsp3) is 0.900. The molecule has 4 heteroatoms. The number of carbonyl (C=O) groups excluding carboxylic acids is 1. The van der Waals surface area contributed by atoms with Crippen molar-refractivity contribution in [2.45, 2.75) is 32.8 Å². The van der Waals surface area contributed by atoms with Crippen molar-refractivity contribution < 1.29 is 14.6 Å². The molecule has 0 aromatic heterocycles. The highest BCUT2D eigenvalue weighted by atomic mass is 16.5. The molecule has 0 heterocycles. The van der Waals surface area contributed by atoms with Gasteiger partial charge in [0.2, 0.25) is 0 Å². The molecule has 0 fully saturated rings. The maximum atomic E-state index is 11.0. The average molecular weight is 203 g/mol. The van der Waals surface area contributed by atoms with Crippen molar-refractivity contribution in [3.63, 3.8) is 0 Å². The molecule has 1 atom stereocenters. The molecular formula is C10H21NO3. The lowest BCUT2D eigenvalue weighted by Gasteiger charge is -2.20. The molecular weight excluding hydrogens is 182 g/mol. The number of nitrogens with one attached hydrogen (secondary N) is 1. The van der Waals surface area contributed by atoms with Crippen LogP contribution in [0.15, 0.2) is 0 Å². The van der Waals surface area contributed by atoms with E-state index < -0.39 is 11.6 Å². The number of hydrogen-bond donors (Lipinski definition) is 2. The van der Waals surface area contributed by atoms with Gasteiger partial charge in [-0.2, -0.15) is 0 Å². The van der Waals surface area contributed by atoms with Crippen molar-refractivity contribution in [2.75, 3.05) is 20.2 Å². The van der Waals surface area contributed by atoms with E-state index in [-0.39, 0.29) is 6.54 Å². The van der Waals surface area contributed by atoms with Gasteiger partial charge in [-0.05, 0) is 25.8 Å². The van der Waals surface area contributed by atoms with Crippen molar-refractivity contribution in [2.24, 2.45) is 5.92 Å². The Labute approximate surface area is 85.6 Å². The van der Waals surface area contributed by atoms with Crippen LogP contribution in [0.4, 0.5) is 0 Å². The number of methoxy groups -OCH3 is 1. The SMILES string of the molecule is COC(=O)C(C)(O)CNCCC(C)C. The monoisotopic (exact) mass is 203 g/mol. The Bertz CT molecular complexity index is 178. The molecule has 0 saturated heterocycles. The van der Waals surface area contributed by atoms with Gasteiger partial charge < -0.3 is 15.2 Å². The molecule has 0 aromatic carbocycles. The van der Waals surface area contributed by atoms with Crippen LogP contribution in [0.25, 0.3) is 0 Å².